The number of hydrogen-bond donors (Lipinski definition) is 0. The lowest BCUT2D eigenvalue weighted by atomic mass is 9.73. The van der Waals surface area contributed by atoms with Crippen molar-refractivity contribution in [3.05, 3.63) is 0 Å². The summed E-state index contributed by atoms with van der Waals surface area (Å²) in [5.74, 6) is 3.14. The Kier molecular flexibility index (Phi) is 3.67. The summed E-state index contributed by atoms with van der Waals surface area (Å²) < 4.78 is 11.7. The number of rotatable bonds is 0. The van der Waals surface area contributed by atoms with Gasteiger partial charge in [0.25, 0.3) is 0 Å². The number of fused-ring (bicyclic) bond motifs is 5. The second-order valence-electron chi connectivity index (χ2n) is 7.80. The molecule has 0 radical (unpaired) electrons. The molecule has 0 aromatic rings. The summed E-state index contributed by atoms with van der Waals surface area (Å²) in [5.41, 5.74) is 0. The highest BCUT2D eigenvalue weighted by Gasteiger charge is 2.59. The summed E-state index contributed by atoms with van der Waals surface area (Å²) in [5, 5.41) is 0. The van der Waals surface area contributed by atoms with Crippen molar-refractivity contribution in [2.24, 2.45) is 23.7 Å². The van der Waals surface area contributed by atoms with Crippen LogP contribution in [0.15, 0.2) is 0 Å². The molecule has 2 aliphatic carbocycles. The van der Waals surface area contributed by atoms with Gasteiger partial charge in [-0.2, -0.15) is 0 Å². The average Bonchev–Trinajstić information content (AvgIpc) is 2.92. The highest BCUT2D eigenvalue weighted by Crippen LogP contribution is 2.52. The Bertz CT molecular complexity index is 374. The van der Waals surface area contributed by atoms with Crippen LogP contribution in [0.1, 0.15) is 52.4 Å². The second kappa shape index (κ2) is 5.24. The third-order valence-electron chi connectivity index (χ3n) is 6.56. The molecule has 4 rings (SSSR count). The zero-order chi connectivity index (χ0) is 13.9. The summed E-state index contributed by atoms with van der Waals surface area (Å²) in [7, 11) is 0. The van der Waals surface area contributed by atoms with Gasteiger partial charge in [-0.05, 0) is 44.4 Å². The molecular formula is C17H28BrO2+. The maximum Gasteiger partial charge on any atom is 0.160 e. The molecule has 3 heteroatoms. The molecule has 9 unspecified atom stereocenters. The van der Waals surface area contributed by atoms with Gasteiger partial charge in [0.1, 0.15) is 0 Å². The van der Waals surface area contributed by atoms with Crippen LogP contribution in [0.2, 0.25) is 0 Å². The molecule has 0 amide bonds. The Morgan fingerprint density at radius 3 is 2.60 bits per heavy atom. The minimum atomic E-state index is 0.466. The third-order valence-corrected chi connectivity index (χ3v) is 7.39. The molecule has 114 valence electrons. The predicted molar refractivity (Wildman–Crippen MR) is 84.2 cm³/mol. The fraction of sp³-hybridized carbons (Fsp3) is 1.00. The first-order chi connectivity index (χ1) is 9.63. The maximum atomic E-state index is 6.44. The molecule has 0 aromatic heterocycles. The Hall–Kier alpha value is 0.400. The van der Waals surface area contributed by atoms with Gasteiger partial charge in [-0.25, -0.2) is 0 Å². The summed E-state index contributed by atoms with van der Waals surface area (Å²) in [6.45, 7) is 4.72. The van der Waals surface area contributed by atoms with E-state index in [1.54, 1.807) is 0 Å². The maximum absolute atomic E-state index is 6.44. The molecule has 4 aliphatic rings. The van der Waals surface area contributed by atoms with Gasteiger partial charge in [0.05, 0.1) is 18.1 Å². The second-order valence-corrected chi connectivity index (χ2v) is 9.10. The van der Waals surface area contributed by atoms with Gasteiger partial charge < -0.3 is 9.47 Å². The smallest absolute Gasteiger partial charge is 0.160 e. The van der Waals surface area contributed by atoms with E-state index in [1.165, 1.54) is 38.5 Å². The predicted octanol–water partition coefficient (Wildman–Crippen LogP) is 3.67. The van der Waals surface area contributed by atoms with Crippen LogP contribution in [-0.4, -0.2) is 34.0 Å². The monoisotopic (exact) mass is 343 g/mol. The lowest BCUT2D eigenvalue weighted by Crippen LogP contribution is -2.39. The van der Waals surface area contributed by atoms with Crippen molar-refractivity contribution in [2.75, 3.05) is 0 Å². The normalized spacial score (nSPS) is 58.6. The largest absolute Gasteiger partial charge is 0.429 e. The SMILES string of the molecule is CC1CC2C(C)CCC3[OH+]C4CCC(Br)CC4C3C2O1. The number of ether oxygens (including phenoxy) is 2. The zero-order valence-corrected chi connectivity index (χ0v) is 14.3. The van der Waals surface area contributed by atoms with Crippen molar-refractivity contribution < 1.29 is 9.47 Å². The van der Waals surface area contributed by atoms with Gasteiger partial charge in [0.15, 0.2) is 12.2 Å². The molecule has 2 heterocycles. The quantitative estimate of drug-likeness (QED) is 0.485. The van der Waals surface area contributed by atoms with Crippen LogP contribution in [-0.2, 0) is 4.74 Å². The minimum Gasteiger partial charge on any atom is -0.429 e. The third kappa shape index (κ3) is 2.19. The van der Waals surface area contributed by atoms with E-state index in [9.17, 15) is 0 Å². The Morgan fingerprint density at radius 2 is 1.75 bits per heavy atom. The molecule has 2 saturated carbocycles. The lowest BCUT2D eigenvalue weighted by molar-refractivity contribution is -0.141. The number of alkyl halides is 1. The van der Waals surface area contributed by atoms with E-state index >= 15 is 0 Å². The van der Waals surface area contributed by atoms with Gasteiger partial charge in [-0.15, -0.1) is 0 Å². The van der Waals surface area contributed by atoms with E-state index in [0.717, 1.165) is 28.5 Å². The first-order valence-electron chi connectivity index (χ1n) is 8.63. The van der Waals surface area contributed by atoms with Gasteiger partial charge >= 0.3 is 0 Å². The highest BCUT2D eigenvalue weighted by atomic mass is 79.9. The van der Waals surface area contributed by atoms with Crippen molar-refractivity contribution in [1.82, 2.24) is 0 Å². The fourth-order valence-electron chi connectivity index (χ4n) is 5.62. The molecule has 2 nitrogen and oxygen atoms in total. The van der Waals surface area contributed by atoms with Gasteiger partial charge in [0.2, 0.25) is 0 Å². The molecule has 2 aliphatic heterocycles. The topological polar surface area (TPSA) is 22.0 Å². The van der Waals surface area contributed by atoms with Crippen molar-refractivity contribution in [3.63, 3.8) is 0 Å². The van der Waals surface area contributed by atoms with Crippen molar-refractivity contribution in [3.8, 4) is 0 Å². The van der Waals surface area contributed by atoms with Crippen LogP contribution in [0.5, 0.6) is 0 Å². The summed E-state index contributed by atoms with van der Waals surface area (Å²) in [6, 6.07) is 0. The molecular weight excluding hydrogens is 316 g/mol. The van der Waals surface area contributed by atoms with E-state index in [2.05, 4.69) is 29.8 Å². The van der Waals surface area contributed by atoms with E-state index in [4.69, 9.17) is 9.47 Å². The molecule has 9 atom stereocenters. The number of halogens is 1. The first-order valence-corrected chi connectivity index (χ1v) is 9.54. The van der Waals surface area contributed by atoms with Crippen molar-refractivity contribution in [2.45, 2.75) is 81.6 Å². The average molecular weight is 344 g/mol. The van der Waals surface area contributed by atoms with Crippen LogP contribution >= 0.6 is 15.9 Å². The van der Waals surface area contributed by atoms with E-state index < -0.39 is 0 Å². The van der Waals surface area contributed by atoms with Crippen molar-refractivity contribution in [1.29, 1.82) is 0 Å². The van der Waals surface area contributed by atoms with Gasteiger partial charge in [-0.1, -0.05) is 22.9 Å². The van der Waals surface area contributed by atoms with Crippen LogP contribution in [0.3, 0.4) is 0 Å². The van der Waals surface area contributed by atoms with Gasteiger partial charge in [0, 0.05) is 23.6 Å². The van der Waals surface area contributed by atoms with Crippen molar-refractivity contribution >= 4 is 15.9 Å². The molecule has 1 N–H and O–H groups in total. The number of hydrogen-bond acceptors (Lipinski definition) is 1. The lowest BCUT2D eigenvalue weighted by Gasteiger charge is -2.32. The Balaban J connectivity index is 1.63. The molecule has 0 aromatic carbocycles. The van der Waals surface area contributed by atoms with Crippen LogP contribution in [0, 0.1) is 23.7 Å². The first kappa shape index (κ1) is 14.0. The zero-order valence-electron chi connectivity index (χ0n) is 12.7. The summed E-state index contributed by atoms with van der Waals surface area (Å²) in [6.07, 6.45) is 10.1. The Labute approximate surface area is 131 Å². The number of aliphatic hydroxyl groups is 2. The van der Waals surface area contributed by atoms with Crippen LogP contribution in [0.4, 0.5) is 0 Å². The molecule has 20 heavy (non-hydrogen) atoms. The molecule has 4 fully saturated rings. The minimum absolute atomic E-state index is 0.466. The standard InChI is InChI=1S/C17H27BrO2/c1-9-3-5-15-16(17-12(9)7-10(2)19-17)13-8-11(18)4-6-14(13)20-15/h9-17H,3-8H2,1-2H3/p+1. The van der Waals surface area contributed by atoms with Crippen LogP contribution < -0.4 is 0 Å². The van der Waals surface area contributed by atoms with Crippen LogP contribution in [0.25, 0.3) is 0 Å². The van der Waals surface area contributed by atoms with Gasteiger partial charge in [-0.3, -0.25) is 0 Å². The molecule has 0 spiro atoms. The van der Waals surface area contributed by atoms with E-state index in [0.29, 0.717) is 24.4 Å². The van der Waals surface area contributed by atoms with E-state index in [1.807, 2.05) is 0 Å². The summed E-state index contributed by atoms with van der Waals surface area (Å²) >= 11 is 3.87. The Morgan fingerprint density at radius 1 is 0.950 bits per heavy atom. The molecule has 2 saturated heterocycles. The molecule has 0 bridgehead atoms. The fourth-order valence-corrected chi connectivity index (χ4v) is 6.31. The highest BCUT2D eigenvalue weighted by molar-refractivity contribution is 9.09. The summed E-state index contributed by atoms with van der Waals surface area (Å²) in [4.78, 5) is 0.718. The van der Waals surface area contributed by atoms with E-state index in [-0.39, 0.29) is 0 Å².